The highest BCUT2D eigenvalue weighted by atomic mass is 16.2. The van der Waals surface area contributed by atoms with Gasteiger partial charge in [0.25, 0.3) is 0 Å². The first-order valence-corrected chi connectivity index (χ1v) is 8.90. The molecule has 0 radical (unpaired) electrons. The van der Waals surface area contributed by atoms with Gasteiger partial charge in [-0.1, -0.05) is 30.3 Å². The van der Waals surface area contributed by atoms with Crippen LogP contribution in [0.2, 0.25) is 0 Å². The van der Waals surface area contributed by atoms with Crippen molar-refractivity contribution in [1.82, 2.24) is 9.80 Å². The van der Waals surface area contributed by atoms with Gasteiger partial charge in [0, 0.05) is 19.1 Å². The van der Waals surface area contributed by atoms with E-state index in [0.717, 1.165) is 38.9 Å². The number of carbonyl (C=O) groups is 1. The highest BCUT2D eigenvalue weighted by Gasteiger charge is 2.52. The molecule has 1 aromatic carbocycles. The van der Waals surface area contributed by atoms with Gasteiger partial charge >= 0.3 is 0 Å². The fraction of sp³-hybridized carbons (Fsp3) is 0.632. The number of amides is 1. The number of nitrogens with zero attached hydrogens (tertiary/aromatic N) is 2. The van der Waals surface area contributed by atoms with Crippen LogP contribution in [0, 0.1) is 0 Å². The van der Waals surface area contributed by atoms with E-state index in [0.29, 0.717) is 11.9 Å². The van der Waals surface area contributed by atoms with Gasteiger partial charge in [-0.05, 0) is 57.1 Å². The van der Waals surface area contributed by atoms with Crippen LogP contribution in [0.5, 0.6) is 0 Å². The summed E-state index contributed by atoms with van der Waals surface area (Å²) in [5, 5.41) is 0. The lowest BCUT2D eigenvalue weighted by Crippen LogP contribution is -2.60. The zero-order chi connectivity index (χ0) is 15.0. The number of hydrogen-bond donors (Lipinski definition) is 0. The quantitative estimate of drug-likeness (QED) is 0.853. The SMILES string of the molecule is O=C1N(C2CC2)CCCC12CCCN2CCc1ccccc1. The lowest BCUT2D eigenvalue weighted by molar-refractivity contribution is -0.148. The summed E-state index contributed by atoms with van der Waals surface area (Å²) in [6.45, 7) is 3.11. The summed E-state index contributed by atoms with van der Waals surface area (Å²) in [4.78, 5) is 17.9. The Morgan fingerprint density at radius 2 is 1.77 bits per heavy atom. The summed E-state index contributed by atoms with van der Waals surface area (Å²) >= 11 is 0. The number of carbonyl (C=O) groups excluding carboxylic acids is 1. The Balaban J connectivity index is 1.48. The van der Waals surface area contributed by atoms with Gasteiger partial charge in [-0.15, -0.1) is 0 Å². The van der Waals surface area contributed by atoms with E-state index in [1.165, 1.54) is 31.2 Å². The Labute approximate surface area is 133 Å². The summed E-state index contributed by atoms with van der Waals surface area (Å²) in [7, 11) is 0. The fourth-order valence-corrected chi connectivity index (χ4v) is 4.45. The Morgan fingerprint density at radius 3 is 2.50 bits per heavy atom. The summed E-state index contributed by atoms with van der Waals surface area (Å²) in [5.41, 5.74) is 1.22. The third-order valence-electron chi connectivity index (χ3n) is 5.77. The zero-order valence-electron chi connectivity index (χ0n) is 13.3. The van der Waals surface area contributed by atoms with Crippen molar-refractivity contribution in [2.75, 3.05) is 19.6 Å². The monoisotopic (exact) mass is 298 g/mol. The minimum Gasteiger partial charge on any atom is -0.338 e. The Bertz CT molecular complexity index is 540. The molecule has 1 aromatic rings. The van der Waals surface area contributed by atoms with Gasteiger partial charge in [0.1, 0.15) is 5.54 Å². The molecule has 3 fully saturated rings. The van der Waals surface area contributed by atoms with Crippen LogP contribution < -0.4 is 0 Å². The Hall–Kier alpha value is -1.35. The molecule has 22 heavy (non-hydrogen) atoms. The van der Waals surface area contributed by atoms with Crippen LogP contribution in [0.15, 0.2) is 30.3 Å². The van der Waals surface area contributed by atoms with E-state index in [9.17, 15) is 4.79 Å². The molecule has 1 spiro atoms. The normalized spacial score (nSPS) is 29.5. The second-order valence-electron chi connectivity index (χ2n) is 7.19. The molecule has 3 heteroatoms. The maximum atomic E-state index is 13.1. The molecule has 4 rings (SSSR count). The molecule has 1 aliphatic carbocycles. The van der Waals surface area contributed by atoms with Crippen molar-refractivity contribution in [3.63, 3.8) is 0 Å². The molecular weight excluding hydrogens is 272 g/mol. The standard InChI is InChI=1S/C19H26N2O/c22-18-19(12-5-14-21(18)17-8-9-17)11-4-13-20(19)15-10-16-6-2-1-3-7-16/h1-3,6-7,17H,4-5,8-15H2. The van der Waals surface area contributed by atoms with Gasteiger partial charge < -0.3 is 4.90 Å². The van der Waals surface area contributed by atoms with Gasteiger partial charge in [-0.25, -0.2) is 0 Å². The highest BCUT2D eigenvalue weighted by Crippen LogP contribution is 2.41. The zero-order valence-corrected chi connectivity index (χ0v) is 13.3. The lowest BCUT2D eigenvalue weighted by atomic mass is 9.85. The molecule has 0 bridgehead atoms. The van der Waals surface area contributed by atoms with Crippen LogP contribution in [0.25, 0.3) is 0 Å². The first kappa shape index (κ1) is 14.3. The minimum atomic E-state index is -0.157. The average molecular weight is 298 g/mol. The van der Waals surface area contributed by atoms with Crippen LogP contribution in [0.3, 0.4) is 0 Å². The highest BCUT2D eigenvalue weighted by molar-refractivity contribution is 5.88. The summed E-state index contributed by atoms with van der Waals surface area (Å²) in [5.74, 6) is 0.451. The predicted molar refractivity (Wildman–Crippen MR) is 87.7 cm³/mol. The van der Waals surface area contributed by atoms with Crippen molar-refractivity contribution in [3.8, 4) is 0 Å². The molecule has 3 aliphatic rings. The molecule has 0 N–H and O–H groups in total. The number of likely N-dealkylation sites (tertiary alicyclic amines) is 2. The summed E-state index contributed by atoms with van der Waals surface area (Å²) < 4.78 is 0. The molecule has 118 valence electrons. The van der Waals surface area contributed by atoms with Crippen LogP contribution in [-0.4, -0.2) is 46.9 Å². The van der Waals surface area contributed by atoms with E-state index in [4.69, 9.17) is 0 Å². The van der Waals surface area contributed by atoms with Crippen molar-refractivity contribution in [2.24, 2.45) is 0 Å². The van der Waals surface area contributed by atoms with E-state index >= 15 is 0 Å². The minimum absolute atomic E-state index is 0.157. The van der Waals surface area contributed by atoms with Gasteiger partial charge in [0.15, 0.2) is 0 Å². The van der Waals surface area contributed by atoms with Gasteiger partial charge in [0.2, 0.25) is 5.91 Å². The van der Waals surface area contributed by atoms with E-state index in [2.05, 4.69) is 40.1 Å². The molecule has 1 saturated carbocycles. The van der Waals surface area contributed by atoms with Crippen LogP contribution in [0.1, 0.15) is 44.1 Å². The van der Waals surface area contributed by atoms with Crippen LogP contribution in [0.4, 0.5) is 0 Å². The first-order chi connectivity index (χ1) is 10.8. The fourth-order valence-electron chi connectivity index (χ4n) is 4.45. The molecular formula is C19H26N2O. The van der Waals surface area contributed by atoms with E-state index < -0.39 is 0 Å². The number of hydrogen-bond acceptors (Lipinski definition) is 2. The number of rotatable bonds is 4. The molecule has 2 aliphatic heterocycles. The molecule has 2 heterocycles. The Kier molecular flexibility index (Phi) is 3.69. The third kappa shape index (κ3) is 2.45. The molecule has 1 atom stereocenters. The predicted octanol–water partition coefficient (Wildman–Crippen LogP) is 2.85. The summed E-state index contributed by atoms with van der Waals surface area (Å²) in [6, 6.07) is 11.2. The molecule has 3 nitrogen and oxygen atoms in total. The second kappa shape index (κ2) is 5.69. The maximum absolute atomic E-state index is 13.1. The molecule has 1 amide bonds. The lowest BCUT2D eigenvalue weighted by Gasteiger charge is -2.45. The number of piperidine rings is 1. The molecule has 0 aromatic heterocycles. The van der Waals surface area contributed by atoms with E-state index in [1.807, 2.05) is 0 Å². The molecule has 2 saturated heterocycles. The molecule has 1 unspecified atom stereocenters. The maximum Gasteiger partial charge on any atom is 0.243 e. The van der Waals surface area contributed by atoms with Crippen molar-refractivity contribution in [3.05, 3.63) is 35.9 Å². The van der Waals surface area contributed by atoms with E-state index in [1.54, 1.807) is 0 Å². The third-order valence-corrected chi connectivity index (χ3v) is 5.77. The average Bonchev–Trinajstić information content (AvgIpc) is 3.31. The van der Waals surface area contributed by atoms with Crippen LogP contribution >= 0.6 is 0 Å². The largest absolute Gasteiger partial charge is 0.338 e. The van der Waals surface area contributed by atoms with Crippen molar-refractivity contribution < 1.29 is 4.79 Å². The second-order valence-corrected chi connectivity index (χ2v) is 7.19. The smallest absolute Gasteiger partial charge is 0.243 e. The van der Waals surface area contributed by atoms with Crippen molar-refractivity contribution in [2.45, 2.75) is 56.5 Å². The van der Waals surface area contributed by atoms with E-state index in [-0.39, 0.29) is 5.54 Å². The topological polar surface area (TPSA) is 23.6 Å². The Morgan fingerprint density at radius 1 is 1.05 bits per heavy atom. The van der Waals surface area contributed by atoms with Gasteiger partial charge in [-0.3, -0.25) is 9.69 Å². The van der Waals surface area contributed by atoms with Crippen molar-refractivity contribution in [1.29, 1.82) is 0 Å². The van der Waals surface area contributed by atoms with Crippen LogP contribution in [-0.2, 0) is 11.2 Å². The first-order valence-electron chi connectivity index (χ1n) is 8.90. The van der Waals surface area contributed by atoms with Crippen molar-refractivity contribution >= 4 is 5.91 Å². The summed E-state index contributed by atoms with van der Waals surface area (Å²) in [6.07, 6.45) is 8.02. The number of benzene rings is 1. The van der Waals surface area contributed by atoms with Gasteiger partial charge in [0.05, 0.1) is 0 Å². The van der Waals surface area contributed by atoms with Gasteiger partial charge in [-0.2, -0.15) is 0 Å².